The number of benzene rings is 4. The van der Waals surface area contributed by atoms with Crippen LogP contribution in [0.4, 0.5) is 11.4 Å². The van der Waals surface area contributed by atoms with E-state index in [0.717, 1.165) is 41.0 Å². The summed E-state index contributed by atoms with van der Waals surface area (Å²) in [4.78, 5) is 7.29. The van der Waals surface area contributed by atoms with E-state index < -0.39 is 0 Å². The predicted molar refractivity (Wildman–Crippen MR) is 199 cm³/mol. The predicted octanol–water partition coefficient (Wildman–Crippen LogP) is 10.6. The lowest BCUT2D eigenvalue weighted by Gasteiger charge is -2.36. The number of fused-ring (bicyclic) bond motifs is 11. The lowest BCUT2D eigenvalue weighted by atomic mass is 9.65. The largest absolute Gasteiger partial charge is 0.399 e. The number of rotatable bonds is 5. The van der Waals surface area contributed by atoms with Crippen LogP contribution in [0.15, 0.2) is 134 Å². The average Bonchev–Trinajstić information content (AvgIpc) is 3.70. The highest BCUT2D eigenvalue weighted by Gasteiger charge is 2.57. The molecule has 2 N–H and O–H groups in total. The summed E-state index contributed by atoms with van der Waals surface area (Å²) in [6, 6.07) is 36.7. The molecule has 236 valence electrons. The van der Waals surface area contributed by atoms with E-state index in [9.17, 15) is 0 Å². The van der Waals surface area contributed by atoms with Crippen LogP contribution in [0, 0.1) is 5.92 Å². The zero-order chi connectivity index (χ0) is 32.6. The van der Waals surface area contributed by atoms with Gasteiger partial charge in [0.1, 0.15) is 0 Å². The number of aromatic nitrogens is 1. The Bertz CT molecular complexity index is 2170. The summed E-state index contributed by atoms with van der Waals surface area (Å²) in [5.41, 5.74) is 22.8. The first-order valence-corrected chi connectivity index (χ1v) is 17.6. The van der Waals surface area contributed by atoms with Gasteiger partial charge in [0.2, 0.25) is 0 Å². The zero-order valence-corrected chi connectivity index (χ0v) is 27.9. The number of nitrogens with zero attached hydrogens (tertiary/aromatic N) is 2. The van der Waals surface area contributed by atoms with Gasteiger partial charge in [0.05, 0.1) is 11.1 Å². The molecule has 3 heteroatoms. The summed E-state index contributed by atoms with van der Waals surface area (Å²) in [7, 11) is 0. The molecule has 5 aromatic rings. The minimum Gasteiger partial charge on any atom is -0.399 e. The second-order valence-electron chi connectivity index (χ2n) is 14.0. The van der Waals surface area contributed by atoms with E-state index in [-0.39, 0.29) is 11.5 Å². The van der Waals surface area contributed by atoms with Crippen molar-refractivity contribution >= 4 is 17.1 Å². The Hall–Kier alpha value is -5.15. The molecule has 3 nitrogen and oxygen atoms in total. The van der Waals surface area contributed by atoms with Gasteiger partial charge in [-0.2, -0.15) is 0 Å². The van der Waals surface area contributed by atoms with E-state index >= 15 is 0 Å². The lowest BCUT2D eigenvalue weighted by molar-refractivity contribution is 0.465. The maximum Gasteiger partial charge on any atom is 0.0702 e. The van der Waals surface area contributed by atoms with Crippen molar-refractivity contribution in [2.45, 2.75) is 56.9 Å². The quantitative estimate of drug-likeness (QED) is 0.212. The van der Waals surface area contributed by atoms with Gasteiger partial charge in [-0.3, -0.25) is 4.98 Å². The molecular weight excluding hydrogens is 583 g/mol. The van der Waals surface area contributed by atoms with Gasteiger partial charge < -0.3 is 10.6 Å². The van der Waals surface area contributed by atoms with Crippen molar-refractivity contribution in [3.8, 4) is 22.4 Å². The number of hydrogen-bond donors (Lipinski definition) is 1. The summed E-state index contributed by atoms with van der Waals surface area (Å²) < 4.78 is 0. The molecule has 1 aromatic heterocycles. The molecule has 0 saturated heterocycles. The zero-order valence-electron chi connectivity index (χ0n) is 27.9. The van der Waals surface area contributed by atoms with Gasteiger partial charge in [-0.1, -0.05) is 111 Å². The van der Waals surface area contributed by atoms with E-state index in [1.54, 1.807) is 0 Å². The van der Waals surface area contributed by atoms with Gasteiger partial charge >= 0.3 is 0 Å². The first kappa shape index (κ1) is 29.0. The Balaban J connectivity index is 1.27. The maximum atomic E-state index is 6.75. The molecule has 0 amide bonds. The molecule has 0 radical (unpaired) electrons. The van der Waals surface area contributed by atoms with Gasteiger partial charge in [0.15, 0.2) is 0 Å². The molecule has 2 heterocycles. The van der Waals surface area contributed by atoms with Gasteiger partial charge in [-0.25, -0.2) is 0 Å². The van der Waals surface area contributed by atoms with Gasteiger partial charge in [0, 0.05) is 52.6 Å². The standard InChI is InChI=1S/C45H41N3/c1-4-5-20-42(46)30-23-31(43-21-12-13-22-47-43)25-32(24-30)48-29(3)28(2)36-26-41-37(27-44(36)48)35-16-8-11-19-40(35)45(41)38-17-9-6-14-33(38)34-15-7-10-18-39(34)45/h6-29,33,38H,4-5,46H2,1-3H3/b42-20-. The second-order valence-corrected chi connectivity index (χ2v) is 14.0. The maximum absolute atomic E-state index is 6.75. The smallest absolute Gasteiger partial charge is 0.0702 e. The Labute approximate surface area is 284 Å². The molecular formula is C45H41N3. The minimum absolute atomic E-state index is 0.218. The molecule has 0 fully saturated rings. The van der Waals surface area contributed by atoms with Gasteiger partial charge in [-0.15, -0.1) is 0 Å². The number of anilines is 2. The average molecular weight is 624 g/mol. The molecule has 1 aliphatic heterocycles. The third-order valence-corrected chi connectivity index (χ3v) is 11.6. The van der Waals surface area contributed by atoms with Crippen LogP contribution >= 0.6 is 0 Å². The van der Waals surface area contributed by atoms with E-state index in [1.807, 2.05) is 12.3 Å². The van der Waals surface area contributed by atoms with E-state index in [0.29, 0.717) is 17.8 Å². The molecule has 0 saturated carbocycles. The van der Waals surface area contributed by atoms with Gasteiger partial charge in [-0.05, 0) is 94.3 Å². The third-order valence-electron chi connectivity index (χ3n) is 11.6. The van der Waals surface area contributed by atoms with Gasteiger partial charge in [0.25, 0.3) is 0 Å². The lowest BCUT2D eigenvalue weighted by Crippen LogP contribution is -2.33. The minimum atomic E-state index is -0.218. The second kappa shape index (κ2) is 11.0. The molecule has 3 aliphatic carbocycles. The van der Waals surface area contributed by atoms with Crippen molar-refractivity contribution in [2.75, 3.05) is 4.90 Å². The van der Waals surface area contributed by atoms with E-state index in [2.05, 4.69) is 147 Å². The summed E-state index contributed by atoms with van der Waals surface area (Å²) in [6.45, 7) is 6.97. The van der Waals surface area contributed by atoms with Crippen LogP contribution in [-0.2, 0) is 5.41 Å². The van der Waals surface area contributed by atoms with Crippen molar-refractivity contribution < 1.29 is 0 Å². The molecule has 4 aromatic carbocycles. The monoisotopic (exact) mass is 623 g/mol. The molecule has 48 heavy (non-hydrogen) atoms. The highest BCUT2D eigenvalue weighted by Crippen LogP contribution is 2.66. The van der Waals surface area contributed by atoms with Crippen molar-refractivity contribution in [1.29, 1.82) is 0 Å². The fourth-order valence-corrected chi connectivity index (χ4v) is 9.32. The number of allylic oxidation sites excluding steroid dienone is 5. The Kier molecular flexibility index (Phi) is 6.62. The Morgan fingerprint density at radius 3 is 2.44 bits per heavy atom. The van der Waals surface area contributed by atoms with Crippen molar-refractivity contribution in [3.63, 3.8) is 0 Å². The summed E-state index contributed by atoms with van der Waals surface area (Å²) in [5.74, 6) is 1.04. The molecule has 5 atom stereocenters. The van der Waals surface area contributed by atoms with Crippen molar-refractivity contribution in [2.24, 2.45) is 11.7 Å². The SMILES string of the molecule is CCC/C=C(\N)c1cc(-c2ccccn2)cc(N2c3cc4c(cc3C(C)C2C)C2(c3ccccc3-4)c3ccccc3C3C=CC=CC32)c1. The van der Waals surface area contributed by atoms with Crippen LogP contribution in [-0.4, -0.2) is 11.0 Å². The van der Waals surface area contributed by atoms with Crippen LogP contribution in [0.2, 0.25) is 0 Å². The normalized spacial score (nSPS) is 24.4. The molecule has 0 bridgehead atoms. The topological polar surface area (TPSA) is 42.1 Å². The highest BCUT2D eigenvalue weighted by molar-refractivity contribution is 5.91. The number of nitrogens with two attached hydrogens (primary N) is 1. The summed E-state index contributed by atoms with van der Waals surface area (Å²) >= 11 is 0. The van der Waals surface area contributed by atoms with E-state index in [4.69, 9.17) is 10.7 Å². The Morgan fingerprint density at radius 2 is 1.60 bits per heavy atom. The highest BCUT2D eigenvalue weighted by atomic mass is 15.2. The first-order valence-electron chi connectivity index (χ1n) is 17.6. The van der Waals surface area contributed by atoms with Crippen molar-refractivity contribution in [3.05, 3.63) is 167 Å². The molecule has 1 spiro atoms. The molecule has 5 unspecified atom stereocenters. The van der Waals surface area contributed by atoms with Crippen molar-refractivity contribution in [1.82, 2.24) is 4.98 Å². The summed E-state index contributed by atoms with van der Waals surface area (Å²) in [6.07, 6.45) is 15.5. The van der Waals surface area contributed by atoms with E-state index in [1.165, 1.54) is 44.6 Å². The van der Waals surface area contributed by atoms with Crippen LogP contribution < -0.4 is 10.6 Å². The van der Waals surface area contributed by atoms with Crippen LogP contribution in [0.25, 0.3) is 28.1 Å². The number of hydrogen-bond acceptors (Lipinski definition) is 3. The summed E-state index contributed by atoms with van der Waals surface area (Å²) in [5, 5.41) is 0. The molecule has 9 rings (SSSR count). The van der Waals surface area contributed by atoms with Crippen LogP contribution in [0.5, 0.6) is 0 Å². The number of unbranched alkanes of at least 4 members (excludes halogenated alkanes) is 1. The van der Waals surface area contributed by atoms with Crippen LogP contribution in [0.3, 0.4) is 0 Å². The fourth-order valence-electron chi connectivity index (χ4n) is 9.32. The fraction of sp³-hybridized carbons (Fsp3) is 0.222. The third kappa shape index (κ3) is 3.97. The number of pyridine rings is 1. The Morgan fingerprint density at radius 1 is 0.812 bits per heavy atom. The first-order chi connectivity index (χ1) is 23.5. The molecule has 4 aliphatic rings. The van der Waals surface area contributed by atoms with Crippen LogP contribution in [0.1, 0.15) is 78.8 Å².